The molecule has 1 aliphatic heterocycles. The van der Waals surface area contributed by atoms with Gasteiger partial charge in [0.05, 0.1) is 17.7 Å². The summed E-state index contributed by atoms with van der Waals surface area (Å²) in [7, 11) is -1.94. The van der Waals surface area contributed by atoms with Crippen LogP contribution in [-0.4, -0.2) is 45.3 Å². The number of hydrogen-bond donors (Lipinski definition) is 0. The van der Waals surface area contributed by atoms with Gasteiger partial charge in [0, 0.05) is 50.2 Å². The molecule has 0 saturated carbocycles. The van der Waals surface area contributed by atoms with E-state index in [1.807, 2.05) is 0 Å². The highest BCUT2D eigenvalue weighted by molar-refractivity contribution is 7.89. The fourth-order valence-electron chi connectivity index (χ4n) is 3.54. The molecule has 4 rings (SSSR count). The van der Waals surface area contributed by atoms with E-state index in [0.717, 1.165) is 6.42 Å². The van der Waals surface area contributed by atoms with Crippen molar-refractivity contribution in [3.8, 4) is 11.3 Å². The van der Waals surface area contributed by atoms with Gasteiger partial charge in [-0.3, -0.25) is 9.97 Å². The first-order valence-corrected chi connectivity index (χ1v) is 10.4. The Kier molecular flexibility index (Phi) is 4.94. The van der Waals surface area contributed by atoms with Gasteiger partial charge in [-0.15, -0.1) is 0 Å². The van der Waals surface area contributed by atoms with Crippen LogP contribution in [0.4, 0.5) is 4.39 Å². The van der Waals surface area contributed by atoms with Crippen molar-refractivity contribution >= 4 is 10.0 Å². The second kappa shape index (κ2) is 7.40. The van der Waals surface area contributed by atoms with Gasteiger partial charge in [-0.1, -0.05) is 12.1 Å². The third kappa shape index (κ3) is 3.55. The van der Waals surface area contributed by atoms with Crippen LogP contribution in [0.2, 0.25) is 0 Å². The quantitative estimate of drug-likeness (QED) is 0.671. The Morgan fingerprint density at radius 2 is 2.00 bits per heavy atom. The number of hydrogen-bond acceptors (Lipinski definition) is 5. The van der Waals surface area contributed by atoms with Crippen LogP contribution in [0.1, 0.15) is 24.5 Å². The van der Waals surface area contributed by atoms with Crippen molar-refractivity contribution in [1.82, 2.24) is 23.8 Å². The van der Waals surface area contributed by atoms with Crippen LogP contribution < -0.4 is 0 Å². The van der Waals surface area contributed by atoms with Crippen LogP contribution in [0.5, 0.6) is 0 Å². The average molecular weight is 401 g/mol. The maximum Gasteiger partial charge on any atom is 0.262 e. The number of rotatable bonds is 4. The first-order chi connectivity index (χ1) is 13.4. The number of piperidine rings is 1. The van der Waals surface area contributed by atoms with Gasteiger partial charge in [-0.05, 0) is 25.0 Å². The molecule has 28 heavy (non-hydrogen) atoms. The molecule has 1 fully saturated rings. The Hall–Kier alpha value is -2.65. The van der Waals surface area contributed by atoms with E-state index in [-0.39, 0.29) is 16.8 Å². The summed E-state index contributed by atoms with van der Waals surface area (Å²) >= 11 is 0. The highest BCUT2D eigenvalue weighted by Gasteiger charge is 2.34. The summed E-state index contributed by atoms with van der Waals surface area (Å²) in [5.41, 5.74) is 1.91. The summed E-state index contributed by atoms with van der Waals surface area (Å²) in [4.78, 5) is 12.9. The summed E-state index contributed by atoms with van der Waals surface area (Å²) in [5, 5.41) is 0.0418. The lowest BCUT2D eigenvalue weighted by molar-refractivity contribution is 0.312. The molecule has 1 aromatic carbocycles. The Labute approximate surface area is 162 Å². The molecule has 2 aromatic heterocycles. The highest BCUT2D eigenvalue weighted by Crippen LogP contribution is 2.33. The predicted molar refractivity (Wildman–Crippen MR) is 101 cm³/mol. The zero-order valence-electron chi connectivity index (χ0n) is 15.4. The smallest absolute Gasteiger partial charge is 0.262 e. The van der Waals surface area contributed by atoms with Gasteiger partial charge < -0.3 is 4.57 Å². The van der Waals surface area contributed by atoms with Gasteiger partial charge in [0.2, 0.25) is 0 Å². The lowest BCUT2D eigenvalue weighted by Gasteiger charge is -2.31. The monoisotopic (exact) mass is 401 g/mol. The van der Waals surface area contributed by atoms with Crippen molar-refractivity contribution in [2.75, 3.05) is 13.1 Å². The molecular formula is C19H20FN5O2S. The van der Waals surface area contributed by atoms with Crippen molar-refractivity contribution in [3.05, 3.63) is 60.7 Å². The fourth-order valence-corrected chi connectivity index (χ4v) is 5.03. The molecule has 1 atom stereocenters. The average Bonchev–Trinajstić information content (AvgIpc) is 3.15. The number of benzene rings is 1. The lowest BCUT2D eigenvalue weighted by atomic mass is 9.92. The fraction of sp³-hybridized carbons (Fsp3) is 0.316. The van der Waals surface area contributed by atoms with E-state index in [4.69, 9.17) is 0 Å². The Balaban J connectivity index is 1.66. The molecule has 0 unspecified atom stereocenters. The molecule has 146 valence electrons. The van der Waals surface area contributed by atoms with E-state index in [1.54, 1.807) is 36.1 Å². The van der Waals surface area contributed by atoms with Crippen LogP contribution in [0.15, 0.2) is 54.2 Å². The molecule has 3 aromatic rings. The maximum atomic E-state index is 13.7. The molecule has 1 aliphatic rings. The summed E-state index contributed by atoms with van der Waals surface area (Å²) < 4.78 is 42.6. The second-order valence-corrected chi connectivity index (χ2v) is 8.76. The Morgan fingerprint density at radius 3 is 2.75 bits per heavy atom. The molecular weight excluding hydrogens is 381 g/mol. The molecule has 0 radical (unpaired) electrons. The van der Waals surface area contributed by atoms with E-state index in [1.165, 1.54) is 29.0 Å². The van der Waals surface area contributed by atoms with Crippen LogP contribution in [0.25, 0.3) is 11.3 Å². The number of nitrogens with zero attached hydrogens (tertiary/aromatic N) is 5. The lowest BCUT2D eigenvalue weighted by Crippen LogP contribution is -2.39. The third-order valence-corrected chi connectivity index (χ3v) is 6.63. The second-order valence-electron chi connectivity index (χ2n) is 6.88. The maximum absolute atomic E-state index is 13.7. The largest absolute Gasteiger partial charge is 0.339 e. The van der Waals surface area contributed by atoms with E-state index in [9.17, 15) is 12.8 Å². The van der Waals surface area contributed by atoms with E-state index >= 15 is 0 Å². The van der Waals surface area contributed by atoms with Crippen molar-refractivity contribution in [1.29, 1.82) is 0 Å². The Bertz CT molecular complexity index is 1100. The summed E-state index contributed by atoms with van der Waals surface area (Å²) in [6.07, 6.45) is 7.61. The summed E-state index contributed by atoms with van der Waals surface area (Å²) in [5.74, 6) is -0.476. The van der Waals surface area contributed by atoms with Crippen molar-refractivity contribution < 1.29 is 12.8 Å². The molecule has 0 spiro atoms. The minimum Gasteiger partial charge on any atom is -0.339 e. The predicted octanol–water partition coefficient (Wildman–Crippen LogP) is 2.58. The van der Waals surface area contributed by atoms with Gasteiger partial charge in [0.1, 0.15) is 5.82 Å². The standard InChI is InChI=1S/C19H20FN5O2S/c1-24-12-17(23-13-24)28(26,27)25-9-3-5-15(11-25)19-18(21-7-8-22-19)14-4-2-6-16(20)10-14/h2,4,6-8,10,12-13,15H,3,5,9,11H2,1H3/t15-/m0/s1. The minimum atomic E-state index is -3.67. The van der Waals surface area contributed by atoms with Gasteiger partial charge in [-0.25, -0.2) is 17.8 Å². The summed E-state index contributed by atoms with van der Waals surface area (Å²) in [6, 6.07) is 6.20. The molecule has 0 amide bonds. The van der Waals surface area contributed by atoms with E-state index in [0.29, 0.717) is 36.5 Å². The number of imidazole rings is 1. The molecule has 3 heterocycles. The molecule has 9 heteroatoms. The van der Waals surface area contributed by atoms with Crippen molar-refractivity contribution in [2.24, 2.45) is 7.05 Å². The number of halogens is 1. The van der Waals surface area contributed by atoms with E-state index < -0.39 is 10.0 Å². The molecule has 1 saturated heterocycles. The van der Waals surface area contributed by atoms with Crippen LogP contribution >= 0.6 is 0 Å². The first-order valence-electron chi connectivity index (χ1n) is 9.00. The minimum absolute atomic E-state index is 0.0418. The molecule has 0 N–H and O–H groups in total. The van der Waals surface area contributed by atoms with Crippen LogP contribution in [0, 0.1) is 5.82 Å². The number of aryl methyl sites for hydroxylation is 1. The molecule has 7 nitrogen and oxygen atoms in total. The normalized spacial score (nSPS) is 18.3. The third-order valence-electron chi connectivity index (χ3n) is 4.88. The zero-order valence-corrected chi connectivity index (χ0v) is 16.2. The topological polar surface area (TPSA) is 81.0 Å². The SMILES string of the molecule is Cn1cnc(S(=O)(=O)N2CCC[C@H](c3nccnc3-c3cccc(F)c3)C2)c1. The van der Waals surface area contributed by atoms with Gasteiger partial charge >= 0.3 is 0 Å². The van der Waals surface area contributed by atoms with Crippen LogP contribution in [-0.2, 0) is 17.1 Å². The van der Waals surface area contributed by atoms with Gasteiger partial charge in [-0.2, -0.15) is 4.31 Å². The Morgan fingerprint density at radius 1 is 1.18 bits per heavy atom. The number of aromatic nitrogens is 4. The first kappa shape index (κ1) is 18.7. The number of sulfonamides is 1. The summed E-state index contributed by atoms with van der Waals surface area (Å²) in [6.45, 7) is 0.727. The van der Waals surface area contributed by atoms with Crippen molar-refractivity contribution in [2.45, 2.75) is 23.8 Å². The van der Waals surface area contributed by atoms with Crippen molar-refractivity contribution in [3.63, 3.8) is 0 Å². The van der Waals surface area contributed by atoms with Crippen LogP contribution in [0.3, 0.4) is 0 Å². The van der Waals surface area contributed by atoms with Gasteiger partial charge in [0.15, 0.2) is 5.03 Å². The zero-order chi connectivity index (χ0) is 19.7. The molecule has 0 aliphatic carbocycles. The highest BCUT2D eigenvalue weighted by atomic mass is 32.2. The van der Waals surface area contributed by atoms with E-state index in [2.05, 4.69) is 15.0 Å². The molecule has 0 bridgehead atoms. The van der Waals surface area contributed by atoms with Gasteiger partial charge in [0.25, 0.3) is 10.0 Å².